The topological polar surface area (TPSA) is 0 Å². The van der Waals surface area contributed by atoms with Crippen LogP contribution in [-0.4, -0.2) is 19.6 Å². The highest BCUT2D eigenvalue weighted by molar-refractivity contribution is 7.75. The quantitative estimate of drug-likeness (QED) is 0.443. The van der Waals surface area contributed by atoms with E-state index in [0.29, 0.717) is 0 Å². The van der Waals surface area contributed by atoms with Crippen molar-refractivity contribution in [3.05, 3.63) is 12.4 Å². The Labute approximate surface area is 39.9 Å². The molecular weight excluding hydrogens is 91.0 g/mol. The van der Waals surface area contributed by atoms with Gasteiger partial charge in [0, 0.05) is 0 Å². The molecule has 0 saturated carbocycles. The molecule has 6 heavy (non-hydrogen) atoms. The SMILES string of the molecule is C=CP(=C)(C)C. The highest BCUT2D eigenvalue weighted by Crippen LogP contribution is 2.35. The van der Waals surface area contributed by atoms with Crippen LogP contribution < -0.4 is 0 Å². The van der Waals surface area contributed by atoms with Crippen LogP contribution in [0, 0.1) is 0 Å². The molecule has 0 heterocycles. The molecule has 0 atom stereocenters. The molecule has 0 fully saturated rings. The van der Waals surface area contributed by atoms with E-state index in [4.69, 9.17) is 0 Å². The van der Waals surface area contributed by atoms with Crippen molar-refractivity contribution < 1.29 is 0 Å². The summed E-state index contributed by atoms with van der Waals surface area (Å²) in [5.74, 6) is 1.94. The molecular formula is C5H11P. The van der Waals surface area contributed by atoms with Gasteiger partial charge in [-0.3, -0.25) is 0 Å². The van der Waals surface area contributed by atoms with E-state index in [9.17, 15) is 0 Å². The largest absolute Gasteiger partial charge is 0.0986 e. The van der Waals surface area contributed by atoms with Gasteiger partial charge in [-0.25, -0.2) is 0 Å². The van der Waals surface area contributed by atoms with Crippen molar-refractivity contribution in [2.45, 2.75) is 0 Å². The van der Waals surface area contributed by atoms with Crippen molar-refractivity contribution in [1.82, 2.24) is 0 Å². The molecule has 0 radical (unpaired) electrons. The van der Waals surface area contributed by atoms with Gasteiger partial charge in [0.25, 0.3) is 0 Å². The molecule has 36 valence electrons. The fraction of sp³-hybridized carbons (Fsp3) is 0.400. The highest BCUT2D eigenvalue weighted by atomic mass is 31.2. The van der Waals surface area contributed by atoms with E-state index >= 15 is 0 Å². The predicted molar refractivity (Wildman–Crippen MR) is 36.1 cm³/mol. The third-order valence-electron chi connectivity index (χ3n) is 0.494. The second-order valence-corrected chi connectivity index (χ2v) is 5.88. The monoisotopic (exact) mass is 102 g/mol. The number of rotatable bonds is 1. The lowest BCUT2D eigenvalue weighted by atomic mass is 11.3. The van der Waals surface area contributed by atoms with Gasteiger partial charge in [-0.05, 0) is 13.3 Å². The summed E-state index contributed by atoms with van der Waals surface area (Å²) in [6.45, 7) is 6.99. The van der Waals surface area contributed by atoms with E-state index in [1.165, 1.54) is 0 Å². The maximum atomic E-state index is 3.88. The van der Waals surface area contributed by atoms with Crippen molar-refractivity contribution in [2.24, 2.45) is 0 Å². The Hall–Kier alpha value is 0.0400. The molecule has 0 aromatic carbocycles. The summed E-state index contributed by atoms with van der Waals surface area (Å²) in [6.07, 6.45) is 3.88. The molecule has 0 aliphatic rings. The lowest BCUT2D eigenvalue weighted by molar-refractivity contribution is 2.18. The fourth-order valence-corrected chi connectivity index (χ4v) is 0. The highest BCUT2D eigenvalue weighted by Gasteiger charge is 1.84. The summed E-state index contributed by atoms with van der Waals surface area (Å²) in [6, 6.07) is 0. The molecule has 0 rings (SSSR count). The first-order valence-corrected chi connectivity index (χ1v) is 4.81. The minimum Gasteiger partial charge on any atom is -0.0986 e. The molecule has 0 spiro atoms. The molecule has 0 aromatic rings. The van der Waals surface area contributed by atoms with E-state index in [0.717, 1.165) is 0 Å². The van der Waals surface area contributed by atoms with Crippen LogP contribution in [0.4, 0.5) is 0 Å². The van der Waals surface area contributed by atoms with Gasteiger partial charge < -0.3 is 0 Å². The Morgan fingerprint density at radius 1 is 1.50 bits per heavy atom. The van der Waals surface area contributed by atoms with Crippen LogP contribution in [0.25, 0.3) is 0 Å². The van der Waals surface area contributed by atoms with Gasteiger partial charge in [-0.2, -0.15) is 0 Å². The second-order valence-electron chi connectivity index (χ2n) is 1.96. The minimum absolute atomic E-state index is 0.883. The van der Waals surface area contributed by atoms with Gasteiger partial charge in [-0.1, -0.05) is 25.6 Å². The summed E-state index contributed by atoms with van der Waals surface area (Å²) < 4.78 is 0. The van der Waals surface area contributed by atoms with Gasteiger partial charge in [0.1, 0.15) is 0 Å². The predicted octanol–water partition coefficient (Wildman–Crippen LogP) is 1.84. The van der Waals surface area contributed by atoms with Gasteiger partial charge >= 0.3 is 0 Å². The summed E-state index contributed by atoms with van der Waals surface area (Å²) in [5.41, 5.74) is 0. The van der Waals surface area contributed by atoms with Gasteiger partial charge in [0.15, 0.2) is 0 Å². The Balaban J connectivity index is 3.81. The van der Waals surface area contributed by atoms with Crippen LogP contribution in [-0.2, 0) is 0 Å². The Kier molecular flexibility index (Phi) is 1.67. The lowest BCUT2D eigenvalue weighted by Gasteiger charge is -1.99. The molecule has 0 nitrogen and oxygen atoms in total. The summed E-state index contributed by atoms with van der Waals surface area (Å²) in [5, 5.41) is 0. The summed E-state index contributed by atoms with van der Waals surface area (Å²) in [4.78, 5) is 0. The summed E-state index contributed by atoms with van der Waals surface area (Å²) >= 11 is 0. The zero-order chi connectivity index (χ0) is 5.21. The zero-order valence-corrected chi connectivity index (χ0v) is 5.33. The molecule has 0 bridgehead atoms. The van der Waals surface area contributed by atoms with Crippen molar-refractivity contribution in [3.63, 3.8) is 0 Å². The first-order valence-electron chi connectivity index (χ1n) is 1.88. The molecule has 1 heteroatoms. The number of hydrogen-bond donors (Lipinski definition) is 0. The Morgan fingerprint density at radius 3 is 1.67 bits per heavy atom. The van der Waals surface area contributed by atoms with E-state index in [-0.39, 0.29) is 0 Å². The molecule has 0 saturated heterocycles. The standard InChI is InChI=1S/C5H11P/c1-5-6(2,3)4/h5H,1-2H2,3-4H3. The first kappa shape index (κ1) is 6.04. The Bertz CT molecular complexity index is 86.1. The van der Waals surface area contributed by atoms with E-state index in [1.807, 2.05) is 5.82 Å². The van der Waals surface area contributed by atoms with E-state index < -0.39 is 6.89 Å². The third kappa shape index (κ3) is 4.04. The summed E-state index contributed by atoms with van der Waals surface area (Å²) in [7, 11) is 0. The molecule has 0 aromatic heterocycles. The van der Waals surface area contributed by atoms with Crippen LogP contribution in [0.2, 0.25) is 0 Å². The van der Waals surface area contributed by atoms with Gasteiger partial charge in [-0.15, -0.1) is 0 Å². The molecule has 0 unspecified atom stereocenters. The second kappa shape index (κ2) is 1.66. The Morgan fingerprint density at radius 2 is 1.67 bits per heavy atom. The molecule has 0 N–H and O–H groups in total. The van der Waals surface area contributed by atoms with Crippen molar-refractivity contribution in [3.8, 4) is 0 Å². The normalized spacial score (nSPS) is 11.0. The lowest BCUT2D eigenvalue weighted by Crippen LogP contribution is -1.61. The zero-order valence-electron chi connectivity index (χ0n) is 4.44. The van der Waals surface area contributed by atoms with Crippen molar-refractivity contribution in [1.29, 1.82) is 0 Å². The van der Waals surface area contributed by atoms with Crippen LogP contribution in [0.3, 0.4) is 0 Å². The smallest absolute Gasteiger partial charge is 0.0421 e. The maximum Gasteiger partial charge on any atom is -0.0421 e. The fourth-order valence-electron chi connectivity index (χ4n) is 0. The average Bonchev–Trinajstić information content (AvgIpc) is 1.35. The van der Waals surface area contributed by atoms with Crippen LogP contribution in [0.15, 0.2) is 12.4 Å². The van der Waals surface area contributed by atoms with Gasteiger partial charge in [0.2, 0.25) is 0 Å². The molecule has 0 amide bonds. The van der Waals surface area contributed by atoms with Crippen LogP contribution in [0.5, 0.6) is 0 Å². The number of hydrogen-bond acceptors (Lipinski definition) is 0. The van der Waals surface area contributed by atoms with Crippen molar-refractivity contribution in [2.75, 3.05) is 13.3 Å². The average molecular weight is 102 g/mol. The maximum absolute atomic E-state index is 3.88. The van der Waals surface area contributed by atoms with E-state index in [2.05, 4.69) is 26.2 Å². The van der Waals surface area contributed by atoms with E-state index in [1.54, 1.807) is 0 Å². The molecule has 0 aliphatic heterocycles. The first-order chi connectivity index (χ1) is 2.56. The van der Waals surface area contributed by atoms with Gasteiger partial charge in [0.05, 0.1) is 0 Å². The van der Waals surface area contributed by atoms with Crippen molar-refractivity contribution >= 4 is 13.2 Å². The third-order valence-corrected chi connectivity index (χ3v) is 1.48. The van der Waals surface area contributed by atoms with Crippen LogP contribution >= 0.6 is 6.89 Å². The minimum atomic E-state index is -0.883. The molecule has 0 aliphatic carbocycles. The van der Waals surface area contributed by atoms with Crippen LogP contribution in [0.1, 0.15) is 0 Å².